The molecule has 0 aliphatic carbocycles. The maximum Gasteiger partial charge on any atom is 0.258 e. The molecule has 2 aromatic rings. The van der Waals surface area contributed by atoms with Crippen molar-refractivity contribution in [2.45, 2.75) is 0 Å². The molecule has 0 atom stereocenters. The first-order chi connectivity index (χ1) is 9.75. The number of hydrogen-bond donors (Lipinski definition) is 0. The van der Waals surface area contributed by atoms with E-state index in [2.05, 4.69) is 33.0 Å². The Hall–Kier alpha value is -1.75. The lowest BCUT2D eigenvalue weighted by atomic mass is 10.2. The van der Waals surface area contributed by atoms with Crippen LogP contribution in [0.3, 0.4) is 0 Å². The normalized spacial score (nSPS) is 15.4. The number of rotatable bonds is 2. The van der Waals surface area contributed by atoms with Gasteiger partial charge in [0.15, 0.2) is 4.67 Å². The first kappa shape index (κ1) is 13.2. The lowest BCUT2D eigenvalue weighted by Crippen LogP contribution is -2.48. The second-order valence-corrected chi connectivity index (χ2v) is 5.44. The third-order valence-corrected chi connectivity index (χ3v) is 4.15. The Bertz CT molecular complexity index is 589. The SMILES string of the molecule is O=C(c1ccoc1Br)N1CCN(c2ccccc2)CC1. The number of para-hydroxylation sites is 1. The molecule has 3 rings (SSSR count). The smallest absolute Gasteiger partial charge is 0.258 e. The predicted octanol–water partition coefficient (Wildman–Crippen LogP) is 3.00. The van der Waals surface area contributed by atoms with Gasteiger partial charge in [-0.05, 0) is 34.1 Å². The van der Waals surface area contributed by atoms with Gasteiger partial charge >= 0.3 is 0 Å². The molecule has 0 saturated carbocycles. The summed E-state index contributed by atoms with van der Waals surface area (Å²) in [5, 5.41) is 0. The minimum atomic E-state index is 0.0262. The summed E-state index contributed by atoms with van der Waals surface area (Å²) in [5.41, 5.74) is 1.81. The fraction of sp³-hybridized carbons (Fsp3) is 0.267. The molecule has 1 saturated heterocycles. The molecule has 1 amide bonds. The van der Waals surface area contributed by atoms with Gasteiger partial charge in [-0.25, -0.2) is 0 Å². The standard InChI is InChI=1S/C15H15BrN2O2/c16-14-13(6-11-20-14)15(19)18-9-7-17(8-10-18)12-4-2-1-3-5-12/h1-6,11H,7-10H2. The fourth-order valence-electron chi connectivity index (χ4n) is 2.42. The summed E-state index contributed by atoms with van der Waals surface area (Å²) in [5.74, 6) is 0.0262. The number of piperazine rings is 1. The summed E-state index contributed by atoms with van der Waals surface area (Å²) in [6, 6.07) is 12.0. The minimum Gasteiger partial charge on any atom is -0.457 e. The van der Waals surface area contributed by atoms with E-state index < -0.39 is 0 Å². The molecule has 20 heavy (non-hydrogen) atoms. The minimum absolute atomic E-state index is 0.0262. The molecule has 0 bridgehead atoms. The average Bonchev–Trinajstić information content (AvgIpc) is 2.94. The van der Waals surface area contributed by atoms with Crippen LogP contribution in [0, 0.1) is 0 Å². The molecule has 0 spiro atoms. The molecule has 4 nitrogen and oxygen atoms in total. The molecule has 1 aromatic carbocycles. The van der Waals surface area contributed by atoms with Crippen molar-refractivity contribution in [3.63, 3.8) is 0 Å². The average molecular weight is 335 g/mol. The van der Waals surface area contributed by atoms with Gasteiger partial charge in [0, 0.05) is 31.9 Å². The van der Waals surface area contributed by atoms with Gasteiger partial charge in [0.2, 0.25) is 0 Å². The van der Waals surface area contributed by atoms with Crippen molar-refractivity contribution >= 4 is 27.5 Å². The summed E-state index contributed by atoms with van der Waals surface area (Å²) in [7, 11) is 0. The van der Waals surface area contributed by atoms with Crippen LogP contribution in [0.15, 0.2) is 51.7 Å². The van der Waals surface area contributed by atoms with Crippen LogP contribution in [-0.2, 0) is 0 Å². The highest BCUT2D eigenvalue weighted by Crippen LogP contribution is 2.21. The molecule has 2 heterocycles. The second kappa shape index (κ2) is 5.71. The maximum absolute atomic E-state index is 12.3. The van der Waals surface area contributed by atoms with Crippen LogP contribution in [-0.4, -0.2) is 37.0 Å². The molecule has 1 aliphatic heterocycles. The van der Waals surface area contributed by atoms with Crippen LogP contribution in [0.5, 0.6) is 0 Å². The Balaban J connectivity index is 1.64. The van der Waals surface area contributed by atoms with Crippen LogP contribution in [0.4, 0.5) is 5.69 Å². The van der Waals surface area contributed by atoms with E-state index in [4.69, 9.17) is 4.42 Å². The molecular weight excluding hydrogens is 320 g/mol. The molecule has 5 heteroatoms. The van der Waals surface area contributed by atoms with E-state index in [0.717, 1.165) is 26.2 Å². The Morgan fingerprint density at radius 2 is 1.75 bits per heavy atom. The molecule has 1 fully saturated rings. The molecular formula is C15H15BrN2O2. The Morgan fingerprint density at radius 1 is 1.05 bits per heavy atom. The summed E-state index contributed by atoms with van der Waals surface area (Å²) < 4.78 is 5.63. The first-order valence-corrected chi connectivity index (χ1v) is 7.37. The summed E-state index contributed by atoms with van der Waals surface area (Å²) >= 11 is 3.26. The summed E-state index contributed by atoms with van der Waals surface area (Å²) in [6.45, 7) is 3.16. The molecule has 104 valence electrons. The van der Waals surface area contributed by atoms with E-state index in [9.17, 15) is 4.79 Å². The van der Waals surface area contributed by atoms with Crippen molar-refractivity contribution < 1.29 is 9.21 Å². The highest BCUT2D eigenvalue weighted by atomic mass is 79.9. The third kappa shape index (κ3) is 2.58. The number of nitrogens with zero attached hydrogens (tertiary/aromatic N) is 2. The Morgan fingerprint density at radius 3 is 2.35 bits per heavy atom. The van der Waals surface area contributed by atoms with Gasteiger partial charge < -0.3 is 14.2 Å². The third-order valence-electron chi connectivity index (χ3n) is 3.54. The molecule has 1 aromatic heterocycles. The van der Waals surface area contributed by atoms with E-state index in [0.29, 0.717) is 10.2 Å². The van der Waals surface area contributed by atoms with Gasteiger partial charge in [-0.3, -0.25) is 4.79 Å². The van der Waals surface area contributed by atoms with Crippen LogP contribution in [0.25, 0.3) is 0 Å². The van der Waals surface area contributed by atoms with E-state index >= 15 is 0 Å². The monoisotopic (exact) mass is 334 g/mol. The lowest BCUT2D eigenvalue weighted by molar-refractivity contribution is 0.0745. The quantitative estimate of drug-likeness (QED) is 0.847. The van der Waals surface area contributed by atoms with E-state index in [1.807, 2.05) is 23.1 Å². The number of amides is 1. The molecule has 1 aliphatic rings. The summed E-state index contributed by atoms with van der Waals surface area (Å²) in [6.07, 6.45) is 1.53. The van der Waals surface area contributed by atoms with Gasteiger partial charge in [0.05, 0.1) is 11.8 Å². The number of carbonyl (C=O) groups is 1. The van der Waals surface area contributed by atoms with Crippen molar-refractivity contribution in [3.8, 4) is 0 Å². The van der Waals surface area contributed by atoms with Crippen molar-refractivity contribution in [2.24, 2.45) is 0 Å². The van der Waals surface area contributed by atoms with Gasteiger partial charge in [-0.15, -0.1) is 0 Å². The number of halogens is 1. The Labute approximate surface area is 126 Å². The molecule has 0 radical (unpaired) electrons. The van der Waals surface area contributed by atoms with Gasteiger partial charge in [-0.2, -0.15) is 0 Å². The van der Waals surface area contributed by atoms with E-state index in [-0.39, 0.29) is 5.91 Å². The highest BCUT2D eigenvalue weighted by Gasteiger charge is 2.24. The zero-order valence-corrected chi connectivity index (χ0v) is 12.5. The van der Waals surface area contributed by atoms with Gasteiger partial charge in [0.1, 0.15) is 0 Å². The zero-order chi connectivity index (χ0) is 13.9. The second-order valence-electron chi connectivity index (χ2n) is 4.72. The largest absolute Gasteiger partial charge is 0.457 e. The number of benzene rings is 1. The maximum atomic E-state index is 12.3. The van der Waals surface area contributed by atoms with Crippen LogP contribution in [0.2, 0.25) is 0 Å². The van der Waals surface area contributed by atoms with Crippen molar-refractivity contribution in [2.75, 3.05) is 31.1 Å². The number of furan rings is 1. The van der Waals surface area contributed by atoms with Gasteiger partial charge in [0.25, 0.3) is 5.91 Å². The highest BCUT2D eigenvalue weighted by molar-refractivity contribution is 9.10. The first-order valence-electron chi connectivity index (χ1n) is 6.58. The summed E-state index contributed by atoms with van der Waals surface area (Å²) in [4.78, 5) is 16.5. The predicted molar refractivity (Wildman–Crippen MR) is 81.0 cm³/mol. The number of anilines is 1. The fourth-order valence-corrected chi connectivity index (χ4v) is 2.83. The van der Waals surface area contributed by atoms with Crippen molar-refractivity contribution in [1.82, 2.24) is 4.90 Å². The van der Waals surface area contributed by atoms with Crippen LogP contribution < -0.4 is 4.90 Å². The lowest BCUT2D eigenvalue weighted by Gasteiger charge is -2.36. The van der Waals surface area contributed by atoms with Crippen molar-refractivity contribution in [1.29, 1.82) is 0 Å². The number of hydrogen-bond acceptors (Lipinski definition) is 3. The Kier molecular flexibility index (Phi) is 3.78. The zero-order valence-electron chi connectivity index (χ0n) is 11.0. The van der Waals surface area contributed by atoms with Crippen LogP contribution in [0.1, 0.15) is 10.4 Å². The van der Waals surface area contributed by atoms with E-state index in [1.165, 1.54) is 12.0 Å². The molecule has 0 unspecified atom stereocenters. The van der Waals surface area contributed by atoms with Crippen LogP contribution >= 0.6 is 15.9 Å². The van der Waals surface area contributed by atoms with Gasteiger partial charge in [-0.1, -0.05) is 18.2 Å². The number of carbonyl (C=O) groups excluding carboxylic acids is 1. The van der Waals surface area contributed by atoms with Crippen molar-refractivity contribution in [3.05, 3.63) is 52.9 Å². The topological polar surface area (TPSA) is 36.7 Å². The van der Waals surface area contributed by atoms with E-state index in [1.54, 1.807) is 6.07 Å². The molecule has 0 N–H and O–H groups in total.